The van der Waals surface area contributed by atoms with E-state index in [0.29, 0.717) is 35.7 Å². The van der Waals surface area contributed by atoms with Gasteiger partial charge in [0.05, 0.1) is 24.2 Å². The van der Waals surface area contributed by atoms with Crippen LogP contribution in [0.2, 0.25) is 5.02 Å². The topological polar surface area (TPSA) is 85.5 Å². The fourth-order valence-electron chi connectivity index (χ4n) is 4.41. The van der Waals surface area contributed by atoms with Crippen molar-refractivity contribution in [3.63, 3.8) is 0 Å². The van der Waals surface area contributed by atoms with Crippen molar-refractivity contribution in [2.24, 2.45) is 0 Å². The van der Waals surface area contributed by atoms with Crippen LogP contribution in [0, 0.1) is 0 Å². The highest BCUT2D eigenvalue weighted by molar-refractivity contribution is 6.31. The molecule has 0 atom stereocenters. The summed E-state index contributed by atoms with van der Waals surface area (Å²) in [4.78, 5) is 39.7. The molecule has 0 spiro atoms. The second-order valence-electron chi connectivity index (χ2n) is 8.82. The Labute approximate surface area is 207 Å². The van der Waals surface area contributed by atoms with Crippen LogP contribution < -0.4 is 16.1 Å². The maximum absolute atomic E-state index is 13.4. The van der Waals surface area contributed by atoms with Crippen molar-refractivity contribution in [3.05, 3.63) is 68.3 Å². The molecule has 0 saturated carbocycles. The number of rotatable bonds is 6. The normalized spacial score (nSPS) is 14.6. The van der Waals surface area contributed by atoms with E-state index < -0.39 is 11.2 Å². The second-order valence-corrected chi connectivity index (χ2v) is 9.26. The van der Waals surface area contributed by atoms with E-state index >= 15 is 0 Å². The van der Waals surface area contributed by atoms with Gasteiger partial charge in [-0.05, 0) is 48.9 Å². The minimum atomic E-state index is -0.577. The van der Waals surface area contributed by atoms with E-state index in [1.807, 2.05) is 43.3 Å². The summed E-state index contributed by atoms with van der Waals surface area (Å²) in [6.45, 7) is 4.21. The zero-order valence-corrected chi connectivity index (χ0v) is 20.5. The summed E-state index contributed by atoms with van der Waals surface area (Å²) in [7, 11) is 3.93. The highest BCUT2D eigenvalue weighted by Gasteiger charge is 2.23. The summed E-state index contributed by atoms with van der Waals surface area (Å²) in [5.41, 5.74) is 2.18. The number of aromatic nitrogens is 4. The average Bonchev–Trinajstić information content (AvgIpc) is 2.86. The fourth-order valence-corrected chi connectivity index (χ4v) is 4.57. The highest BCUT2D eigenvalue weighted by Crippen LogP contribution is 2.28. The van der Waals surface area contributed by atoms with E-state index in [-0.39, 0.29) is 18.1 Å². The molecule has 1 fully saturated rings. The lowest BCUT2D eigenvalue weighted by Gasteiger charge is -2.26. The van der Waals surface area contributed by atoms with Crippen molar-refractivity contribution in [1.29, 1.82) is 0 Å². The first kappa shape index (κ1) is 23.5. The zero-order chi connectivity index (χ0) is 24.5. The Balaban J connectivity index is 1.61. The van der Waals surface area contributed by atoms with Crippen LogP contribution in [0.25, 0.3) is 28.2 Å². The molecule has 0 aliphatic carbocycles. The van der Waals surface area contributed by atoms with Crippen molar-refractivity contribution in [2.75, 3.05) is 51.8 Å². The number of hydrogen-bond acceptors (Lipinski definition) is 7. The predicted molar refractivity (Wildman–Crippen MR) is 137 cm³/mol. The third-order valence-electron chi connectivity index (χ3n) is 6.30. The molecule has 0 amide bonds. The highest BCUT2D eigenvalue weighted by atomic mass is 35.5. The van der Waals surface area contributed by atoms with Crippen molar-refractivity contribution in [3.8, 4) is 17.2 Å². The monoisotopic (exact) mass is 494 g/mol. The van der Waals surface area contributed by atoms with Gasteiger partial charge in [0.2, 0.25) is 0 Å². The Hall–Kier alpha value is -3.27. The van der Waals surface area contributed by atoms with Crippen LogP contribution in [0.15, 0.2) is 52.1 Å². The molecule has 0 bridgehead atoms. The van der Waals surface area contributed by atoms with Gasteiger partial charge in [0, 0.05) is 56.7 Å². The number of nitrogens with zero attached hydrogens (tertiary/aromatic N) is 6. The maximum atomic E-state index is 13.4. The lowest BCUT2D eigenvalue weighted by molar-refractivity contribution is 0.0368. The van der Waals surface area contributed by atoms with Crippen LogP contribution in [0.4, 0.5) is 5.69 Å². The molecule has 182 valence electrons. The molecule has 2 aromatic carbocycles. The quantitative estimate of drug-likeness (QED) is 0.381. The third-order valence-corrected chi connectivity index (χ3v) is 6.53. The number of benzene rings is 2. The predicted octanol–water partition coefficient (Wildman–Crippen LogP) is 2.49. The van der Waals surface area contributed by atoms with Gasteiger partial charge in [-0.15, -0.1) is 0 Å². The zero-order valence-electron chi connectivity index (χ0n) is 19.8. The van der Waals surface area contributed by atoms with Crippen molar-refractivity contribution < 1.29 is 4.74 Å². The number of fused-ring (bicyclic) bond motifs is 2. The molecule has 10 heteroatoms. The summed E-state index contributed by atoms with van der Waals surface area (Å²) in [5, 5.41) is 0.524. The van der Waals surface area contributed by atoms with Crippen molar-refractivity contribution in [2.45, 2.75) is 13.0 Å². The maximum Gasteiger partial charge on any atom is 0.352 e. The minimum Gasteiger partial charge on any atom is -0.379 e. The molecular weight excluding hydrogens is 468 g/mol. The molecule has 0 radical (unpaired) electrons. The number of halogens is 1. The standard InChI is InChI=1S/C25H27ClN6O3/c1-29(2)18-5-7-19(8-6-18)32-21-16-17(26)4-9-20(21)27-22-23(32)28-25(34)31(24(22)33)11-3-10-30-12-14-35-15-13-30/h4-9,16H,3,10-15H2,1-2H3. The molecule has 3 aliphatic heterocycles. The Morgan fingerprint density at radius 3 is 2.46 bits per heavy atom. The third kappa shape index (κ3) is 4.67. The van der Waals surface area contributed by atoms with Crippen LogP contribution in [0.1, 0.15) is 6.42 Å². The number of morpholine rings is 1. The Bertz CT molecular complexity index is 1440. The van der Waals surface area contributed by atoms with E-state index in [9.17, 15) is 9.59 Å². The van der Waals surface area contributed by atoms with Gasteiger partial charge in [-0.1, -0.05) is 11.6 Å². The SMILES string of the molecule is CN(C)c1ccc(-n2c3nc(=O)n(CCCN4CCOCC4)c(=O)c-3nc3ccc(Cl)cc32)cc1. The lowest BCUT2D eigenvalue weighted by Crippen LogP contribution is -2.40. The van der Waals surface area contributed by atoms with Crippen LogP contribution in [-0.2, 0) is 11.3 Å². The van der Waals surface area contributed by atoms with Crippen LogP contribution >= 0.6 is 11.6 Å². The van der Waals surface area contributed by atoms with E-state index in [2.05, 4.69) is 14.9 Å². The van der Waals surface area contributed by atoms with E-state index in [1.54, 1.807) is 22.8 Å². The Kier molecular flexibility index (Phi) is 6.55. The van der Waals surface area contributed by atoms with Crippen molar-refractivity contribution >= 4 is 28.3 Å². The molecule has 9 nitrogen and oxygen atoms in total. The Morgan fingerprint density at radius 2 is 1.74 bits per heavy atom. The molecule has 5 rings (SSSR count). The van der Waals surface area contributed by atoms with Gasteiger partial charge in [-0.25, -0.2) is 9.78 Å². The number of hydrogen-bond donors (Lipinski definition) is 0. The molecule has 3 heterocycles. The fraction of sp³-hybridized carbons (Fsp3) is 0.360. The van der Waals surface area contributed by atoms with Gasteiger partial charge in [0.15, 0.2) is 11.5 Å². The molecular formula is C25H27ClN6O3. The van der Waals surface area contributed by atoms with Gasteiger partial charge in [-0.2, -0.15) is 4.98 Å². The van der Waals surface area contributed by atoms with Gasteiger partial charge >= 0.3 is 5.69 Å². The second kappa shape index (κ2) is 9.77. The van der Waals surface area contributed by atoms with Crippen LogP contribution in [0.3, 0.4) is 0 Å². The van der Waals surface area contributed by atoms with Gasteiger partial charge in [0.25, 0.3) is 5.56 Å². The minimum absolute atomic E-state index is 0.155. The molecule has 0 unspecified atom stereocenters. The summed E-state index contributed by atoms with van der Waals surface area (Å²) >= 11 is 6.30. The first-order valence-corrected chi connectivity index (χ1v) is 12.0. The molecule has 2 aromatic rings. The summed E-state index contributed by atoms with van der Waals surface area (Å²) in [6.07, 6.45) is 0.664. The summed E-state index contributed by atoms with van der Waals surface area (Å²) in [5.74, 6) is 0.219. The number of ether oxygens (including phenoxy) is 1. The lowest BCUT2D eigenvalue weighted by atomic mass is 10.2. The molecule has 0 aromatic heterocycles. The van der Waals surface area contributed by atoms with E-state index in [0.717, 1.165) is 31.0 Å². The van der Waals surface area contributed by atoms with Crippen LogP contribution in [-0.4, -0.2) is 70.9 Å². The Morgan fingerprint density at radius 1 is 1.00 bits per heavy atom. The summed E-state index contributed by atoms with van der Waals surface area (Å²) in [6, 6.07) is 13.1. The molecule has 0 N–H and O–H groups in total. The number of anilines is 1. The van der Waals surface area contributed by atoms with E-state index in [1.165, 1.54) is 4.57 Å². The van der Waals surface area contributed by atoms with Crippen LogP contribution in [0.5, 0.6) is 0 Å². The summed E-state index contributed by atoms with van der Waals surface area (Å²) < 4.78 is 8.35. The van der Waals surface area contributed by atoms with Gasteiger partial charge in [-0.3, -0.25) is 18.8 Å². The molecule has 3 aliphatic rings. The largest absolute Gasteiger partial charge is 0.379 e. The van der Waals surface area contributed by atoms with Crippen molar-refractivity contribution in [1.82, 2.24) is 24.0 Å². The molecule has 35 heavy (non-hydrogen) atoms. The first-order valence-electron chi connectivity index (χ1n) is 11.6. The van der Waals surface area contributed by atoms with E-state index in [4.69, 9.17) is 16.3 Å². The molecule has 1 saturated heterocycles. The smallest absolute Gasteiger partial charge is 0.352 e. The van der Waals surface area contributed by atoms with Gasteiger partial charge < -0.3 is 9.64 Å². The van der Waals surface area contributed by atoms with Gasteiger partial charge in [0.1, 0.15) is 0 Å². The first-order chi connectivity index (χ1) is 16.9. The average molecular weight is 495 g/mol.